The van der Waals surface area contributed by atoms with Crippen LogP contribution in [0.5, 0.6) is 0 Å². The van der Waals surface area contributed by atoms with Crippen molar-refractivity contribution in [2.45, 2.75) is 19.9 Å². The molecule has 0 aliphatic rings. The summed E-state index contributed by atoms with van der Waals surface area (Å²) in [6.45, 7) is 3.54. The van der Waals surface area contributed by atoms with Gasteiger partial charge in [0.2, 0.25) is 0 Å². The minimum Gasteiger partial charge on any atom is -0.385 e. The van der Waals surface area contributed by atoms with E-state index < -0.39 is 0 Å². The van der Waals surface area contributed by atoms with Gasteiger partial charge in [-0.25, -0.2) is 4.68 Å². The van der Waals surface area contributed by atoms with Crippen LogP contribution in [-0.2, 0) is 11.3 Å². The first-order valence-electron chi connectivity index (χ1n) is 7.70. The fraction of sp³-hybridized carbons (Fsp3) is 0.278. The molecule has 3 rings (SSSR count). The molecular weight excluding hydrogens is 288 g/mol. The third kappa shape index (κ3) is 3.63. The molecule has 0 radical (unpaired) electrons. The molecule has 0 spiro atoms. The van der Waals surface area contributed by atoms with E-state index >= 15 is 0 Å². The van der Waals surface area contributed by atoms with Crippen LogP contribution >= 0.6 is 0 Å². The van der Waals surface area contributed by atoms with Gasteiger partial charge in [0.1, 0.15) is 0 Å². The van der Waals surface area contributed by atoms with Gasteiger partial charge in [-0.15, -0.1) is 5.10 Å². The Bertz CT molecular complexity index is 782. The zero-order chi connectivity index (χ0) is 16.1. The molecular formula is C18H20N4O. The second-order valence-electron chi connectivity index (χ2n) is 5.52. The van der Waals surface area contributed by atoms with Crippen LogP contribution in [0.1, 0.15) is 12.0 Å². The summed E-state index contributed by atoms with van der Waals surface area (Å²) >= 11 is 0. The number of nitrogens with zero attached hydrogens (tertiary/aromatic N) is 4. The van der Waals surface area contributed by atoms with Crippen molar-refractivity contribution >= 4 is 0 Å². The minimum atomic E-state index is 0.697. The number of hydrogen-bond acceptors (Lipinski definition) is 4. The molecule has 1 aromatic heterocycles. The monoisotopic (exact) mass is 308 g/mol. The highest BCUT2D eigenvalue weighted by Crippen LogP contribution is 2.25. The second-order valence-corrected chi connectivity index (χ2v) is 5.52. The summed E-state index contributed by atoms with van der Waals surface area (Å²) < 4.78 is 6.92. The Labute approximate surface area is 135 Å². The van der Waals surface area contributed by atoms with Crippen molar-refractivity contribution in [3.63, 3.8) is 0 Å². The van der Waals surface area contributed by atoms with Crippen molar-refractivity contribution in [3.8, 4) is 22.5 Å². The van der Waals surface area contributed by atoms with Gasteiger partial charge in [0.05, 0.1) is 0 Å². The maximum absolute atomic E-state index is 5.09. The number of aromatic nitrogens is 4. The van der Waals surface area contributed by atoms with E-state index in [9.17, 15) is 0 Å². The number of hydrogen-bond donors (Lipinski definition) is 0. The largest absolute Gasteiger partial charge is 0.385 e. The lowest BCUT2D eigenvalue weighted by atomic mass is 10.0. The fourth-order valence-corrected chi connectivity index (χ4v) is 2.58. The Kier molecular flexibility index (Phi) is 4.78. The van der Waals surface area contributed by atoms with Gasteiger partial charge in [-0.1, -0.05) is 48.0 Å². The van der Waals surface area contributed by atoms with Crippen LogP contribution in [0.25, 0.3) is 22.5 Å². The van der Waals surface area contributed by atoms with E-state index in [1.807, 2.05) is 16.8 Å². The molecule has 0 N–H and O–H groups in total. The van der Waals surface area contributed by atoms with Gasteiger partial charge >= 0.3 is 0 Å². The molecule has 0 aliphatic heterocycles. The van der Waals surface area contributed by atoms with Crippen molar-refractivity contribution in [1.82, 2.24) is 20.2 Å². The van der Waals surface area contributed by atoms with E-state index in [1.54, 1.807) is 7.11 Å². The number of tetrazole rings is 1. The van der Waals surface area contributed by atoms with Crippen LogP contribution in [0.3, 0.4) is 0 Å². The van der Waals surface area contributed by atoms with Crippen LogP contribution < -0.4 is 0 Å². The summed E-state index contributed by atoms with van der Waals surface area (Å²) in [4.78, 5) is 0. The molecule has 0 fully saturated rings. The fourth-order valence-electron chi connectivity index (χ4n) is 2.58. The molecule has 5 heteroatoms. The number of aryl methyl sites for hydroxylation is 2. The van der Waals surface area contributed by atoms with Gasteiger partial charge < -0.3 is 4.74 Å². The van der Waals surface area contributed by atoms with Crippen molar-refractivity contribution in [2.24, 2.45) is 0 Å². The first kappa shape index (κ1) is 15.4. The zero-order valence-corrected chi connectivity index (χ0v) is 13.4. The maximum atomic E-state index is 5.09. The Morgan fingerprint density at radius 2 is 1.74 bits per heavy atom. The summed E-state index contributed by atoms with van der Waals surface area (Å²) in [6.07, 6.45) is 0.881. The molecule has 0 bridgehead atoms. The average molecular weight is 308 g/mol. The van der Waals surface area contributed by atoms with Crippen LogP contribution in [0.15, 0.2) is 48.5 Å². The smallest absolute Gasteiger partial charge is 0.182 e. The zero-order valence-electron chi connectivity index (χ0n) is 13.4. The van der Waals surface area contributed by atoms with Crippen LogP contribution in [0.4, 0.5) is 0 Å². The van der Waals surface area contributed by atoms with E-state index in [2.05, 4.69) is 58.8 Å². The molecule has 118 valence electrons. The van der Waals surface area contributed by atoms with Crippen LogP contribution in [0.2, 0.25) is 0 Å². The lowest BCUT2D eigenvalue weighted by molar-refractivity contribution is 0.189. The summed E-state index contributed by atoms with van der Waals surface area (Å²) in [6, 6.07) is 16.8. The SMILES string of the molecule is COCCCn1nnnc1-c1cccc(-c2cccc(C)c2)c1. The Morgan fingerprint density at radius 3 is 2.52 bits per heavy atom. The van der Waals surface area contributed by atoms with Crippen molar-refractivity contribution in [3.05, 3.63) is 54.1 Å². The standard InChI is InChI=1S/C18H20N4O/c1-14-6-3-7-15(12-14)16-8-4-9-17(13-16)18-19-20-21-22(18)10-5-11-23-2/h3-4,6-9,12-13H,5,10-11H2,1-2H3. The number of benzene rings is 2. The molecule has 2 aromatic carbocycles. The number of methoxy groups -OCH3 is 1. The van der Waals surface area contributed by atoms with Crippen LogP contribution in [0, 0.1) is 6.92 Å². The molecule has 0 atom stereocenters. The summed E-state index contributed by atoms with van der Waals surface area (Å²) in [5.74, 6) is 0.788. The predicted octanol–water partition coefficient (Wildman–Crippen LogP) is 3.35. The maximum Gasteiger partial charge on any atom is 0.182 e. The van der Waals surface area contributed by atoms with Gasteiger partial charge in [0.15, 0.2) is 5.82 Å². The first-order chi connectivity index (χ1) is 11.3. The van der Waals surface area contributed by atoms with Gasteiger partial charge in [-0.05, 0) is 41.0 Å². The number of rotatable bonds is 6. The Hall–Kier alpha value is -2.53. The van der Waals surface area contributed by atoms with E-state index in [4.69, 9.17) is 4.74 Å². The third-order valence-electron chi connectivity index (χ3n) is 3.72. The lowest BCUT2D eigenvalue weighted by Gasteiger charge is -2.07. The van der Waals surface area contributed by atoms with E-state index in [0.29, 0.717) is 6.61 Å². The van der Waals surface area contributed by atoms with E-state index in [0.717, 1.165) is 29.9 Å². The van der Waals surface area contributed by atoms with Crippen molar-refractivity contribution in [2.75, 3.05) is 13.7 Å². The van der Waals surface area contributed by atoms with Crippen molar-refractivity contribution < 1.29 is 4.74 Å². The molecule has 3 aromatic rings. The summed E-state index contributed by atoms with van der Waals surface area (Å²) in [7, 11) is 1.70. The normalized spacial score (nSPS) is 10.9. The molecule has 0 saturated carbocycles. The second kappa shape index (κ2) is 7.15. The predicted molar refractivity (Wildman–Crippen MR) is 89.9 cm³/mol. The molecule has 1 heterocycles. The average Bonchev–Trinajstić information content (AvgIpc) is 3.04. The molecule has 0 saturated heterocycles. The minimum absolute atomic E-state index is 0.697. The molecule has 0 amide bonds. The third-order valence-corrected chi connectivity index (χ3v) is 3.72. The first-order valence-corrected chi connectivity index (χ1v) is 7.70. The lowest BCUT2D eigenvalue weighted by Crippen LogP contribution is -2.05. The Morgan fingerprint density at radius 1 is 1.00 bits per heavy atom. The Balaban J connectivity index is 1.90. The number of ether oxygens (including phenoxy) is 1. The molecule has 0 unspecified atom stereocenters. The van der Waals surface area contributed by atoms with Gasteiger partial charge in [-0.3, -0.25) is 0 Å². The van der Waals surface area contributed by atoms with Gasteiger partial charge in [0, 0.05) is 25.8 Å². The van der Waals surface area contributed by atoms with Crippen molar-refractivity contribution in [1.29, 1.82) is 0 Å². The molecule has 0 aliphatic carbocycles. The van der Waals surface area contributed by atoms with Gasteiger partial charge in [-0.2, -0.15) is 0 Å². The van der Waals surface area contributed by atoms with Crippen LogP contribution in [-0.4, -0.2) is 33.9 Å². The molecule has 23 heavy (non-hydrogen) atoms. The highest BCUT2D eigenvalue weighted by atomic mass is 16.5. The molecule has 5 nitrogen and oxygen atoms in total. The van der Waals surface area contributed by atoms with E-state index in [-0.39, 0.29) is 0 Å². The summed E-state index contributed by atoms with van der Waals surface area (Å²) in [5.41, 5.74) is 4.63. The topological polar surface area (TPSA) is 52.8 Å². The summed E-state index contributed by atoms with van der Waals surface area (Å²) in [5, 5.41) is 12.1. The quantitative estimate of drug-likeness (QED) is 0.655. The highest BCUT2D eigenvalue weighted by molar-refractivity contribution is 5.70. The highest BCUT2D eigenvalue weighted by Gasteiger charge is 2.10. The van der Waals surface area contributed by atoms with E-state index in [1.165, 1.54) is 11.1 Å². The van der Waals surface area contributed by atoms with Gasteiger partial charge in [0.25, 0.3) is 0 Å².